The monoisotopic (exact) mass is 413 g/mol. The summed E-state index contributed by atoms with van der Waals surface area (Å²) in [5.41, 5.74) is 6.61. The Morgan fingerprint density at radius 3 is 2.81 bits per heavy atom. The molecule has 0 aliphatic carbocycles. The Hall–Kier alpha value is -1.12. The number of carboxylic acid groups (broad SMARTS) is 1. The van der Waals surface area contributed by atoms with Gasteiger partial charge in [-0.2, -0.15) is 0 Å². The van der Waals surface area contributed by atoms with Crippen molar-refractivity contribution in [2.45, 2.75) is 69.3 Å². The SMILES string of the molecule is CC(C)CCCC(C)C(N)[C@H]1CCC(=O)N1CCSc1nc(C(=O)O)cs1. The van der Waals surface area contributed by atoms with Crippen molar-refractivity contribution < 1.29 is 14.7 Å². The van der Waals surface area contributed by atoms with Gasteiger partial charge in [-0.3, -0.25) is 4.79 Å². The number of hydrogen-bond acceptors (Lipinski definition) is 6. The van der Waals surface area contributed by atoms with Crippen LogP contribution in [-0.2, 0) is 4.79 Å². The van der Waals surface area contributed by atoms with Crippen LogP contribution in [-0.4, -0.2) is 51.2 Å². The summed E-state index contributed by atoms with van der Waals surface area (Å²) in [6.45, 7) is 7.30. The molecule has 27 heavy (non-hydrogen) atoms. The van der Waals surface area contributed by atoms with Crippen LogP contribution in [0.3, 0.4) is 0 Å². The second-order valence-corrected chi connectivity index (χ2v) is 9.92. The van der Waals surface area contributed by atoms with Gasteiger partial charge in [0.15, 0.2) is 10.0 Å². The molecule has 2 rings (SSSR count). The molecule has 3 N–H and O–H groups in total. The Labute approximate surface area is 169 Å². The van der Waals surface area contributed by atoms with Crippen LogP contribution in [0.5, 0.6) is 0 Å². The highest BCUT2D eigenvalue weighted by Crippen LogP contribution is 2.28. The molecule has 8 heteroatoms. The molecule has 1 aromatic heterocycles. The highest BCUT2D eigenvalue weighted by molar-refractivity contribution is 8.01. The number of thiazole rings is 1. The zero-order valence-electron chi connectivity index (χ0n) is 16.4. The van der Waals surface area contributed by atoms with Crippen molar-refractivity contribution in [2.24, 2.45) is 17.6 Å². The summed E-state index contributed by atoms with van der Waals surface area (Å²) in [6, 6.07) is 0.116. The fraction of sp³-hybridized carbons (Fsp3) is 0.737. The highest BCUT2D eigenvalue weighted by Gasteiger charge is 2.36. The van der Waals surface area contributed by atoms with E-state index in [1.165, 1.54) is 35.9 Å². The molecule has 2 unspecified atom stereocenters. The lowest BCUT2D eigenvalue weighted by atomic mass is 9.89. The van der Waals surface area contributed by atoms with Crippen molar-refractivity contribution in [1.29, 1.82) is 0 Å². The van der Waals surface area contributed by atoms with Gasteiger partial charge in [-0.1, -0.05) is 45.4 Å². The van der Waals surface area contributed by atoms with Crippen LogP contribution in [0.2, 0.25) is 0 Å². The molecule has 6 nitrogen and oxygen atoms in total. The van der Waals surface area contributed by atoms with Crippen molar-refractivity contribution in [3.63, 3.8) is 0 Å². The molecule has 0 aromatic carbocycles. The van der Waals surface area contributed by atoms with E-state index in [2.05, 4.69) is 25.8 Å². The van der Waals surface area contributed by atoms with Gasteiger partial charge in [0, 0.05) is 36.2 Å². The molecule has 3 atom stereocenters. The Kier molecular flexibility index (Phi) is 8.57. The van der Waals surface area contributed by atoms with E-state index in [4.69, 9.17) is 10.8 Å². The molecule has 0 radical (unpaired) electrons. The molecule has 1 fully saturated rings. The zero-order valence-corrected chi connectivity index (χ0v) is 18.0. The maximum absolute atomic E-state index is 12.3. The molecule has 1 amide bonds. The number of thioether (sulfide) groups is 1. The van der Waals surface area contributed by atoms with Crippen molar-refractivity contribution in [2.75, 3.05) is 12.3 Å². The summed E-state index contributed by atoms with van der Waals surface area (Å²) < 4.78 is 0.724. The van der Waals surface area contributed by atoms with Gasteiger partial charge in [0.1, 0.15) is 0 Å². The third-order valence-corrected chi connectivity index (χ3v) is 7.18. The van der Waals surface area contributed by atoms with E-state index in [0.717, 1.165) is 17.2 Å². The lowest BCUT2D eigenvalue weighted by Gasteiger charge is -2.33. The number of carbonyl (C=O) groups is 2. The van der Waals surface area contributed by atoms with E-state index in [9.17, 15) is 9.59 Å². The first-order valence-electron chi connectivity index (χ1n) is 9.66. The summed E-state index contributed by atoms with van der Waals surface area (Å²) in [4.78, 5) is 29.2. The minimum atomic E-state index is -1.01. The number of nitrogens with zero attached hydrogens (tertiary/aromatic N) is 2. The summed E-state index contributed by atoms with van der Waals surface area (Å²) in [5, 5.41) is 10.5. The van der Waals surface area contributed by atoms with Crippen LogP contribution in [0.25, 0.3) is 0 Å². The maximum atomic E-state index is 12.3. The number of hydrogen-bond donors (Lipinski definition) is 2. The number of aromatic carboxylic acids is 1. The first-order valence-corrected chi connectivity index (χ1v) is 11.5. The number of rotatable bonds is 11. The third kappa shape index (κ3) is 6.47. The molecule has 2 heterocycles. The number of carboxylic acids is 1. The average molecular weight is 414 g/mol. The first-order chi connectivity index (χ1) is 12.8. The van der Waals surface area contributed by atoms with Gasteiger partial charge in [-0.25, -0.2) is 9.78 Å². The molecule has 1 aliphatic rings. The topological polar surface area (TPSA) is 96.5 Å². The quantitative estimate of drug-likeness (QED) is 0.537. The minimum absolute atomic E-state index is 0.00656. The summed E-state index contributed by atoms with van der Waals surface area (Å²) in [7, 11) is 0. The fourth-order valence-corrected chi connectivity index (χ4v) is 5.33. The van der Waals surface area contributed by atoms with E-state index in [-0.39, 0.29) is 23.7 Å². The van der Waals surface area contributed by atoms with Gasteiger partial charge < -0.3 is 15.7 Å². The number of carbonyl (C=O) groups excluding carboxylic acids is 1. The molecular formula is C19H31N3O3S2. The van der Waals surface area contributed by atoms with Crippen molar-refractivity contribution in [3.05, 3.63) is 11.1 Å². The molecular weight excluding hydrogens is 382 g/mol. The number of likely N-dealkylation sites (tertiary alicyclic amines) is 1. The van der Waals surface area contributed by atoms with Gasteiger partial charge in [-0.05, 0) is 24.7 Å². The number of amides is 1. The Balaban J connectivity index is 1.84. The Morgan fingerprint density at radius 1 is 1.44 bits per heavy atom. The molecule has 1 saturated heterocycles. The standard InChI is InChI=1S/C19H31N3O3S2/c1-12(2)5-4-6-13(3)17(20)15-7-8-16(23)22(15)9-10-26-19-21-14(11-27-19)18(24)25/h11-13,15,17H,4-10,20H2,1-3H3,(H,24,25)/t13?,15-,17?/m1/s1. The molecule has 0 spiro atoms. The highest BCUT2D eigenvalue weighted by atomic mass is 32.2. The summed E-state index contributed by atoms with van der Waals surface area (Å²) in [5.74, 6) is 0.971. The number of nitrogens with two attached hydrogens (primary N) is 1. The van der Waals surface area contributed by atoms with E-state index < -0.39 is 5.97 Å². The van der Waals surface area contributed by atoms with Crippen molar-refractivity contribution in [3.8, 4) is 0 Å². The predicted octanol–water partition coefficient (Wildman–Crippen LogP) is 3.71. The van der Waals surface area contributed by atoms with Crippen LogP contribution in [0.15, 0.2) is 9.72 Å². The third-order valence-electron chi connectivity index (χ3n) is 5.18. The smallest absolute Gasteiger partial charge is 0.355 e. The van der Waals surface area contributed by atoms with E-state index >= 15 is 0 Å². The molecule has 0 bridgehead atoms. The first kappa shape index (κ1) is 22.2. The normalized spacial score (nSPS) is 19.7. The second kappa shape index (κ2) is 10.4. The lowest BCUT2D eigenvalue weighted by Crippen LogP contribution is -2.49. The fourth-order valence-electron chi connectivity index (χ4n) is 3.52. The van der Waals surface area contributed by atoms with Crippen LogP contribution in [0.4, 0.5) is 0 Å². The van der Waals surface area contributed by atoms with Gasteiger partial charge in [0.25, 0.3) is 0 Å². The second-order valence-electron chi connectivity index (χ2n) is 7.72. The van der Waals surface area contributed by atoms with E-state index in [1.54, 1.807) is 5.38 Å². The number of aromatic nitrogens is 1. The largest absolute Gasteiger partial charge is 0.476 e. The zero-order chi connectivity index (χ0) is 20.0. The van der Waals surface area contributed by atoms with Gasteiger partial charge in [0.05, 0.1) is 0 Å². The summed E-state index contributed by atoms with van der Waals surface area (Å²) in [6.07, 6.45) is 4.90. The molecule has 0 saturated carbocycles. The van der Waals surface area contributed by atoms with Crippen molar-refractivity contribution >= 4 is 35.0 Å². The lowest BCUT2D eigenvalue weighted by molar-refractivity contribution is -0.129. The van der Waals surface area contributed by atoms with Gasteiger partial charge >= 0.3 is 5.97 Å². The Morgan fingerprint density at radius 2 is 2.19 bits per heavy atom. The van der Waals surface area contributed by atoms with E-state index in [0.29, 0.717) is 30.6 Å². The van der Waals surface area contributed by atoms with Crippen LogP contribution < -0.4 is 5.73 Å². The molecule has 1 aliphatic heterocycles. The van der Waals surface area contributed by atoms with Gasteiger partial charge in [0.2, 0.25) is 5.91 Å². The van der Waals surface area contributed by atoms with Crippen LogP contribution in [0, 0.1) is 11.8 Å². The van der Waals surface area contributed by atoms with Gasteiger partial charge in [-0.15, -0.1) is 11.3 Å². The summed E-state index contributed by atoms with van der Waals surface area (Å²) >= 11 is 2.82. The molecule has 152 valence electrons. The van der Waals surface area contributed by atoms with Crippen molar-refractivity contribution in [1.82, 2.24) is 9.88 Å². The van der Waals surface area contributed by atoms with Crippen LogP contribution >= 0.6 is 23.1 Å². The Bertz CT molecular complexity index is 635. The minimum Gasteiger partial charge on any atom is -0.476 e. The predicted molar refractivity (Wildman–Crippen MR) is 110 cm³/mol. The molecule has 1 aromatic rings. The average Bonchev–Trinajstić information content (AvgIpc) is 3.21. The van der Waals surface area contributed by atoms with Crippen LogP contribution in [0.1, 0.15) is 63.4 Å². The van der Waals surface area contributed by atoms with E-state index in [1.807, 2.05) is 4.90 Å². The maximum Gasteiger partial charge on any atom is 0.355 e.